The summed E-state index contributed by atoms with van der Waals surface area (Å²) in [6.07, 6.45) is 2.81. The van der Waals surface area contributed by atoms with Crippen molar-refractivity contribution in [2.24, 2.45) is 0 Å². The SMILES string of the molecule is CC1(C)CC[C@@H](OP(c2ccccc2)c2ccccc2)[C@H]([C@@H]2OC(C)(C)CC[C@H]2OP(c2ccccc2)c2ccccc2)O1. The first-order valence-corrected chi connectivity index (χ1v) is 18.3. The van der Waals surface area contributed by atoms with Crippen LogP contribution in [0.5, 0.6) is 0 Å². The van der Waals surface area contributed by atoms with Crippen LogP contribution < -0.4 is 21.2 Å². The second-order valence-corrected chi connectivity index (χ2v) is 16.6. The standard InChI is InChI=1S/C38H44O4P2/c1-37(2)27-25-33(41-43(29-17-9-5-10-18-29)30-19-11-6-12-20-30)35(39-37)36-34(26-28-38(3,4)40-36)42-44(31-21-13-7-14-22-31)32-23-15-8-16-24-32/h5-24,33-36H,25-28H2,1-4H3/t33-,34-,35-,36-/m1/s1. The minimum atomic E-state index is -1.05. The maximum atomic E-state index is 7.22. The molecule has 0 N–H and O–H groups in total. The lowest BCUT2D eigenvalue weighted by atomic mass is 9.85. The Morgan fingerprint density at radius 1 is 0.477 bits per heavy atom. The third-order valence-corrected chi connectivity index (χ3v) is 12.5. The number of benzene rings is 4. The first-order chi connectivity index (χ1) is 21.3. The van der Waals surface area contributed by atoms with Gasteiger partial charge in [0.15, 0.2) is 0 Å². The van der Waals surface area contributed by atoms with Crippen molar-refractivity contribution in [2.75, 3.05) is 0 Å². The molecule has 0 saturated carbocycles. The molecule has 6 rings (SSSR count). The topological polar surface area (TPSA) is 36.9 Å². The summed E-state index contributed by atoms with van der Waals surface area (Å²) in [7, 11) is -2.10. The lowest BCUT2D eigenvalue weighted by Crippen LogP contribution is -2.59. The highest BCUT2D eigenvalue weighted by atomic mass is 31.1. The largest absolute Gasteiger partial charge is 0.367 e. The van der Waals surface area contributed by atoms with Crippen molar-refractivity contribution in [2.45, 2.75) is 89.0 Å². The van der Waals surface area contributed by atoms with E-state index in [2.05, 4.69) is 149 Å². The lowest BCUT2D eigenvalue weighted by molar-refractivity contribution is -0.250. The van der Waals surface area contributed by atoms with E-state index in [9.17, 15) is 0 Å². The van der Waals surface area contributed by atoms with Crippen molar-refractivity contribution >= 4 is 37.5 Å². The molecule has 0 aliphatic carbocycles. The van der Waals surface area contributed by atoms with Crippen LogP contribution in [0.3, 0.4) is 0 Å². The first-order valence-electron chi connectivity index (χ1n) is 15.8. The molecule has 230 valence electrons. The summed E-state index contributed by atoms with van der Waals surface area (Å²) in [5.41, 5.74) is -0.572. The van der Waals surface area contributed by atoms with E-state index in [1.807, 2.05) is 0 Å². The third-order valence-electron chi connectivity index (χ3n) is 8.47. The van der Waals surface area contributed by atoms with Gasteiger partial charge in [0.1, 0.15) is 12.2 Å². The Morgan fingerprint density at radius 3 is 1.02 bits per heavy atom. The predicted octanol–water partition coefficient (Wildman–Crippen LogP) is 7.77. The summed E-state index contributed by atoms with van der Waals surface area (Å²) in [6, 6.07) is 42.5. The Bertz CT molecular complexity index is 1260. The van der Waals surface area contributed by atoms with Gasteiger partial charge in [-0.25, -0.2) is 0 Å². The Balaban J connectivity index is 1.35. The molecular formula is C38H44O4P2. The normalized spacial score (nSPS) is 24.8. The summed E-state index contributed by atoms with van der Waals surface area (Å²) < 4.78 is 28.5. The number of ether oxygens (including phenoxy) is 2. The molecule has 2 heterocycles. The number of rotatable bonds is 9. The first kappa shape index (κ1) is 31.6. The molecule has 0 radical (unpaired) electrons. The fraction of sp³-hybridized carbons (Fsp3) is 0.368. The maximum absolute atomic E-state index is 7.22. The molecule has 4 aromatic carbocycles. The van der Waals surface area contributed by atoms with Crippen LogP contribution in [-0.4, -0.2) is 35.6 Å². The lowest BCUT2D eigenvalue weighted by Gasteiger charge is -2.50. The Morgan fingerprint density at radius 2 is 0.750 bits per heavy atom. The zero-order valence-corrected chi connectivity index (χ0v) is 28.0. The Labute approximate surface area is 265 Å². The van der Waals surface area contributed by atoms with E-state index in [1.54, 1.807) is 0 Å². The highest BCUT2D eigenvalue weighted by Crippen LogP contribution is 2.47. The predicted molar refractivity (Wildman–Crippen MR) is 184 cm³/mol. The molecule has 6 heteroatoms. The average molecular weight is 627 g/mol. The zero-order chi connectivity index (χ0) is 30.6. The molecule has 0 unspecified atom stereocenters. The Kier molecular flexibility index (Phi) is 9.98. The summed E-state index contributed by atoms with van der Waals surface area (Å²) in [5, 5.41) is 4.80. The van der Waals surface area contributed by atoms with Gasteiger partial charge in [-0.2, -0.15) is 0 Å². The van der Waals surface area contributed by atoms with Crippen molar-refractivity contribution in [3.63, 3.8) is 0 Å². The summed E-state index contributed by atoms with van der Waals surface area (Å²) in [4.78, 5) is 0. The van der Waals surface area contributed by atoms with Gasteiger partial charge in [-0.15, -0.1) is 0 Å². The molecule has 2 saturated heterocycles. The van der Waals surface area contributed by atoms with Crippen molar-refractivity contribution in [1.29, 1.82) is 0 Å². The fourth-order valence-corrected chi connectivity index (χ4v) is 10.0. The molecule has 0 amide bonds. The van der Waals surface area contributed by atoms with Crippen LogP contribution in [0.15, 0.2) is 121 Å². The molecular weight excluding hydrogens is 582 g/mol. The molecule has 2 aliphatic heterocycles. The van der Waals surface area contributed by atoms with E-state index in [-0.39, 0.29) is 35.6 Å². The van der Waals surface area contributed by atoms with Crippen LogP contribution in [0.4, 0.5) is 0 Å². The minimum Gasteiger partial charge on any atom is -0.367 e. The van der Waals surface area contributed by atoms with Gasteiger partial charge in [0.05, 0.1) is 39.7 Å². The minimum absolute atomic E-state index is 0.140. The van der Waals surface area contributed by atoms with Crippen molar-refractivity contribution in [1.82, 2.24) is 0 Å². The molecule has 2 fully saturated rings. The van der Waals surface area contributed by atoms with Crippen LogP contribution in [0.1, 0.15) is 53.4 Å². The Hall–Kier alpha value is -2.42. The second-order valence-electron chi connectivity index (χ2n) is 13.0. The molecule has 0 bridgehead atoms. The van der Waals surface area contributed by atoms with Crippen LogP contribution in [0.25, 0.3) is 0 Å². The van der Waals surface area contributed by atoms with Crippen LogP contribution in [0, 0.1) is 0 Å². The van der Waals surface area contributed by atoms with Gasteiger partial charge in [0.2, 0.25) is 0 Å². The van der Waals surface area contributed by atoms with E-state index in [0.717, 1.165) is 25.7 Å². The monoisotopic (exact) mass is 626 g/mol. The molecule has 4 aromatic rings. The van der Waals surface area contributed by atoms with Crippen molar-refractivity contribution < 1.29 is 18.5 Å². The van der Waals surface area contributed by atoms with E-state index in [0.29, 0.717) is 0 Å². The van der Waals surface area contributed by atoms with Crippen molar-refractivity contribution in [3.05, 3.63) is 121 Å². The van der Waals surface area contributed by atoms with Crippen molar-refractivity contribution in [3.8, 4) is 0 Å². The summed E-state index contributed by atoms with van der Waals surface area (Å²) in [6.45, 7) is 8.77. The quantitative estimate of drug-likeness (QED) is 0.178. The van der Waals surface area contributed by atoms with E-state index < -0.39 is 16.3 Å². The molecule has 2 aliphatic rings. The van der Waals surface area contributed by atoms with E-state index in [1.165, 1.54) is 21.2 Å². The molecule has 44 heavy (non-hydrogen) atoms. The van der Waals surface area contributed by atoms with Crippen LogP contribution >= 0.6 is 16.3 Å². The fourth-order valence-electron chi connectivity index (χ4n) is 6.16. The van der Waals surface area contributed by atoms with Crippen LogP contribution in [0.2, 0.25) is 0 Å². The van der Waals surface area contributed by atoms with E-state index >= 15 is 0 Å². The van der Waals surface area contributed by atoms with Gasteiger partial charge < -0.3 is 18.5 Å². The van der Waals surface area contributed by atoms with Gasteiger partial charge in [-0.3, -0.25) is 0 Å². The highest BCUT2D eigenvalue weighted by Gasteiger charge is 2.49. The smallest absolute Gasteiger partial charge is 0.113 e. The van der Waals surface area contributed by atoms with Gasteiger partial charge in [-0.05, 0) is 53.4 Å². The highest BCUT2D eigenvalue weighted by molar-refractivity contribution is 7.68. The summed E-state index contributed by atoms with van der Waals surface area (Å²) in [5.74, 6) is 0. The molecule has 4 nitrogen and oxygen atoms in total. The second kappa shape index (κ2) is 13.9. The number of hydrogen-bond donors (Lipinski definition) is 0. The third kappa shape index (κ3) is 7.68. The van der Waals surface area contributed by atoms with Gasteiger partial charge >= 0.3 is 0 Å². The number of hydrogen-bond acceptors (Lipinski definition) is 4. The molecule has 0 spiro atoms. The van der Waals surface area contributed by atoms with Gasteiger partial charge in [0.25, 0.3) is 0 Å². The maximum Gasteiger partial charge on any atom is 0.113 e. The van der Waals surface area contributed by atoms with Gasteiger partial charge in [0, 0.05) is 21.2 Å². The molecule has 4 atom stereocenters. The average Bonchev–Trinajstić information content (AvgIpc) is 3.05. The van der Waals surface area contributed by atoms with Crippen LogP contribution in [-0.2, 0) is 18.5 Å². The zero-order valence-electron chi connectivity index (χ0n) is 26.2. The van der Waals surface area contributed by atoms with E-state index in [4.69, 9.17) is 18.5 Å². The van der Waals surface area contributed by atoms with Gasteiger partial charge in [-0.1, -0.05) is 121 Å². The summed E-state index contributed by atoms with van der Waals surface area (Å²) >= 11 is 0. The molecule has 0 aromatic heterocycles.